The minimum atomic E-state index is -2.27. The average molecular weight is 246 g/mol. The smallest absolute Gasteiger partial charge is 0.196 e. The Hall–Kier alpha value is -1.17. The fourth-order valence-corrected chi connectivity index (χ4v) is 1.78. The van der Waals surface area contributed by atoms with Crippen LogP contribution in [0.3, 0.4) is 0 Å². The molecule has 1 aliphatic rings. The first-order valence-corrected chi connectivity index (χ1v) is 4.93. The van der Waals surface area contributed by atoms with Crippen molar-refractivity contribution in [2.45, 2.75) is 36.6 Å². The van der Waals surface area contributed by atoms with Gasteiger partial charge in [-0.2, -0.15) is 0 Å². The van der Waals surface area contributed by atoms with Gasteiger partial charge in [0.25, 0.3) is 0 Å². The zero-order valence-electron chi connectivity index (χ0n) is 9.91. The monoisotopic (exact) mass is 246 g/mol. The third kappa shape index (κ3) is 2.57. The Labute approximate surface area is 99.4 Å². The van der Waals surface area contributed by atoms with Gasteiger partial charge < -0.3 is 35.3 Å². The van der Waals surface area contributed by atoms with Crippen molar-refractivity contribution >= 4 is 6.26 Å². The number of carbonyl (C=O) groups excluding carboxylic acids is 1. The Morgan fingerprint density at radius 2 is 2.24 bits per heavy atom. The van der Waals surface area contributed by atoms with Crippen LogP contribution in [0.15, 0.2) is 0 Å². The molecule has 1 aliphatic heterocycles. The number of carbonyl (C=O) groups is 1. The summed E-state index contributed by atoms with van der Waals surface area (Å²) in [7, 11) is 0. The summed E-state index contributed by atoms with van der Waals surface area (Å²) in [5.41, 5.74) is 0. The summed E-state index contributed by atoms with van der Waals surface area (Å²) >= 11 is 0. The molecule has 17 heavy (non-hydrogen) atoms. The van der Waals surface area contributed by atoms with E-state index in [1.807, 2.05) is 6.04 Å². The van der Waals surface area contributed by atoms with Crippen LogP contribution in [0, 0.1) is 12.5 Å². The van der Waals surface area contributed by atoms with Crippen molar-refractivity contribution in [3.63, 3.8) is 0 Å². The summed E-state index contributed by atoms with van der Waals surface area (Å²) in [5.74, 6) is -2.27. The van der Waals surface area contributed by atoms with Gasteiger partial charge in [0.1, 0.15) is 32.0 Å². The number of hydrogen-bond donors (Lipinski definition) is 5. The SMILES string of the molecule is [2H]C(=O)CC1(O)O[C@H](CO)[C@@H](O)[C@H](O)[C@@H]1NC#C. The van der Waals surface area contributed by atoms with E-state index in [0.717, 1.165) is 0 Å². The molecule has 0 aromatic heterocycles. The zero-order valence-corrected chi connectivity index (χ0v) is 8.91. The standard InChI is InChI=1S/C10H15NO6/c1-2-11-9-8(15)7(14)6(5-13)17-10(9,16)3-4-12/h1,4,6-9,11,13-16H,3,5H2/t6-,7-,8+,9+,10?/m1/s1/i4D. The summed E-state index contributed by atoms with van der Waals surface area (Å²) in [4.78, 5) is 10.8. The van der Waals surface area contributed by atoms with Crippen LogP contribution in [-0.4, -0.2) is 63.4 Å². The maximum atomic E-state index is 10.8. The Morgan fingerprint density at radius 3 is 2.71 bits per heavy atom. The first-order chi connectivity index (χ1) is 8.35. The molecule has 0 aliphatic carbocycles. The van der Waals surface area contributed by atoms with Crippen LogP contribution >= 0.6 is 0 Å². The maximum absolute atomic E-state index is 10.8. The Bertz CT molecular complexity index is 359. The van der Waals surface area contributed by atoms with Gasteiger partial charge in [-0.05, 0) is 0 Å². The molecule has 0 amide bonds. The van der Waals surface area contributed by atoms with Crippen LogP contribution in [-0.2, 0) is 9.53 Å². The van der Waals surface area contributed by atoms with Crippen LogP contribution in [0.5, 0.6) is 0 Å². The fourth-order valence-electron chi connectivity index (χ4n) is 1.78. The van der Waals surface area contributed by atoms with E-state index in [0.29, 0.717) is 0 Å². The third-order valence-corrected chi connectivity index (χ3v) is 2.66. The number of nitrogens with one attached hydrogen (secondary N) is 1. The van der Waals surface area contributed by atoms with Crippen molar-refractivity contribution in [1.29, 1.82) is 0 Å². The molecule has 1 rings (SSSR count). The van der Waals surface area contributed by atoms with Gasteiger partial charge >= 0.3 is 0 Å². The highest BCUT2D eigenvalue weighted by Gasteiger charge is 2.52. The molecule has 0 saturated carbocycles. The number of ether oxygens (including phenoxy) is 1. The summed E-state index contributed by atoms with van der Waals surface area (Å²) in [6, 6.07) is 0.601. The van der Waals surface area contributed by atoms with Gasteiger partial charge in [-0.1, -0.05) is 6.42 Å². The number of aliphatic hydroxyl groups is 4. The van der Waals surface area contributed by atoms with E-state index < -0.39 is 49.4 Å². The van der Waals surface area contributed by atoms with E-state index in [2.05, 4.69) is 5.32 Å². The van der Waals surface area contributed by atoms with Crippen molar-refractivity contribution in [3.8, 4) is 12.5 Å². The van der Waals surface area contributed by atoms with E-state index in [9.17, 15) is 20.1 Å². The van der Waals surface area contributed by atoms with Crippen LogP contribution in [0.2, 0.25) is 0 Å². The summed E-state index contributed by atoms with van der Waals surface area (Å²) in [6.45, 7) is -0.671. The van der Waals surface area contributed by atoms with Crippen LogP contribution in [0.4, 0.5) is 0 Å². The second kappa shape index (κ2) is 5.44. The van der Waals surface area contributed by atoms with Crippen molar-refractivity contribution in [2.75, 3.05) is 6.61 Å². The summed E-state index contributed by atoms with van der Waals surface area (Å²) in [5, 5.41) is 40.7. The number of aliphatic hydroxyl groups excluding tert-OH is 3. The lowest BCUT2D eigenvalue weighted by Crippen LogP contribution is -2.69. The third-order valence-electron chi connectivity index (χ3n) is 2.66. The minimum absolute atomic E-state index is 0.671. The topological polar surface area (TPSA) is 119 Å². The normalized spacial score (nSPS) is 42.4. The van der Waals surface area contributed by atoms with Crippen molar-refractivity contribution in [2.24, 2.45) is 0 Å². The number of aldehydes is 1. The first kappa shape index (κ1) is 12.3. The number of terminal acetylenes is 1. The lowest BCUT2D eigenvalue weighted by atomic mass is 9.89. The Morgan fingerprint density at radius 1 is 1.59 bits per heavy atom. The van der Waals surface area contributed by atoms with Crippen LogP contribution < -0.4 is 5.32 Å². The van der Waals surface area contributed by atoms with Gasteiger partial charge in [0, 0.05) is 6.04 Å². The second-order valence-electron chi connectivity index (χ2n) is 3.75. The van der Waals surface area contributed by atoms with Crippen LogP contribution in [0.1, 0.15) is 7.79 Å². The van der Waals surface area contributed by atoms with Crippen molar-refractivity contribution in [3.05, 3.63) is 0 Å². The van der Waals surface area contributed by atoms with E-state index in [4.69, 9.17) is 17.6 Å². The number of rotatable bonds is 4. The number of hydrogen-bond acceptors (Lipinski definition) is 7. The molecule has 1 heterocycles. The predicted octanol–water partition coefficient (Wildman–Crippen LogP) is -3.07. The molecule has 0 aromatic carbocycles. The van der Waals surface area contributed by atoms with Crippen molar-refractivity contribution in [1.82, 2.24) is 5.32 Å². The van der Waals surface area contributed by atoms with Crippen molar-refractivity contribution < 1.29 is 31.3 Å². The molecule has 0 bridgehead atoms. The summed E-state index contributed by atoms with van der Waals surface area (Å²) in [6.07, 6.45) is -1.23. The second-order valence-corrected chi connectivity index (χ2v) is 3.75. The van der Waals surface area contributed by atoms with Crippen LogP contribution in [0.25, 0.3) is 0 Å². The van der Waals surface area contributed by atoms with E-state index >= 15 is 0 Å². The Kier molecular flexibility index (Phi) is 3.93. The molecular weight excluding hydrogens is 230 g/mol. The summed E-state index contributed by atoms with van der Waals surface area (Å²) < 4.78 is 11.8. The van der Waals surface area contributed by atoms with E-state index in [-0.39, 0.29) is 0 Å². The molecule has 5 atom stereocenters. The molecule has 0 aromatic rings. The molecule has 5 N–H and O–H groups in total. The van der Waals surface area contributed by atoms with Gasteiger partial charge in [0.05, 0.1) is 13.0 Å². The average Bonchev–Trinajstić information content (AvgIpc) is 2.28. The molecule has 1 saturated heterocycles. The fraction of sp³-hybridized carbons (Fsp3) is 0.700. The molecular formula is C10H15NO6. The minimum Gasteiger partial charge on any atom is -0.394 e. The molecule has 0 spiro atoms. The van der Waals surface area contributed by atoms with Gasteiger partial charge in [0.2, 0.25) is 0 Å². The molecule has 1 unspecified atom stereocenters. The molecule has 96 valence electrons. The highest BCUT2D eigenvalue weighted by atomic mass is 16.6. The predicted molar refractivity (Wildman–Crippen MR) is 55.4 cm³/mol. The van der Waals surface area contributed by atoms with Gasteiger partial charge in [-0.25, -0.2) is 0 Å². The quantitative estimate of drug-likeness (QED) is 0.203. The van der Waals surface area contributed by atoms with Gasteiger partial charge in [0.15, 0.2) is 5.79 Å². The highest BCUT2D eigenvalue weighted by molar-refractivity contribution is 5.51. The van der Waals surface area contributed by atoms with Gasteiger partial charge in [-0.3, -0.25) is 0 Å². The van der Waals surface area contributed by atoms with E-state index in [1.54, 1.807) is 0 Å². The highest BCUT2D eigenvalue weighted by Crippen LogP contribution is 2.29. The first-order valence-electron chi connectivity index (χ1n) is 5.43. The zero-order chi connectivity index (χ0) is 13.9. The lowest BCUT2D eigenvalue weighted by molar-refractivity contribution is -0.315. The van der Waals surface area contributed by atoms with E-state index in [1.165, 1.54) is 0 Å². The molecule has 0 radical (unpaired) electrons. The maximum Gasteiger partial charge on any atom is 0.196 e. The lowest BCUT2D eigenvalue weighted by Gasteiger charge is -2.46. The molecule has 7 nitrogen and oxygen atoms in total. The molecule has 7 heteroatoms. The largest absolute Gasteiger partial charge is 0.394 e. The Balaban J connectivity index is 3.02. The molecule has 1 fully saturated rings. The van der Waals surface area contributed by atoms with Gasteiger partial charge in [-0.15, -0.1) is 0 Å².